The number of hydrogen-bond donors (Lipinski definition) is 3. The lowest BCUT2D eigenvalue weighted by atomic mass is 9.85. The van der Waals surface area contributed by atoms with Gasteiger partial charge >= 0.3 is 0 Å². The van der Waals surface area contributed by atoms with Gasteiger partial charge in [0.25, 0.3) is 0 Å². The van der Waals surface area contributed by atoms with Crippen LogP contribution in [0.1, 0.15) is 143 Å². The van der Waals surface area contributed by atoms with Crippen LogP contribution < -0.4 is 16.0 Å². The molecule has 2 aromatic heterocycles. The fourth-order valence-corrected chi connectivity index (χ4v) is 9.62. The normalized spacial score (nSPS) is 19.9. The maximum atomic E-state index is 14.5. The summed E-state index contributed by atoms with van der Waals surface area (Å²) in [6.45, 7) is 15.9. The minimum absolute atomic E-state index is 0.153. The molecule has 3 saturated carbocycles. The van der Waals surface area contributed by atoms with Gasteiger partial charge in [-0.05, 0) is 152 Å². The molecule has 0 spiro atoms. The molecule has 5 aromatic rings. The number of thiocarbonyl (C=S) groups is 1. The van der Waals surface area contributed by atoms with E-state index in [9.17, 15) is 13.2 Å². The summed E-state index contributed by atoms with van der Waals surface area (Å²) in [7, 11) is 0. The Bertz CT molecular complexity index is 2530. The molecule has 304 valence electrons. The number of nitrogens with one attached hydrogen (secondary N) is 3. The minimum Gasteiger partial charge on any atom is -0.373 e. The van der Waals surface area contributed by atoms with Gasteiger partial charge in [0, 0.05) is 15.8 Å². The topological polar surface area (TPSA) is 97.5 Å². The van der Waals surface area contributed by atoms with Crippen molar-refractivity contribution < 1.29 is 13.2 Å². The van der Waals surface area contributed by atoms with Crippen LogP contribution in [0.15, 0.2) is 34.8 Å². The van der Waals surface area contributed by atoms with Gasteiger partial charge in [-0.1, -0.05) is 40.3 Å². The lowest BCUT2D eigenvalue weighted by Gasteiger charge is -2.36. The fourth-order valence-electron chi connectivity index (χ4n) is 8.71. The smallest absolute Gasteiger partial charge is 0.162 e. The van der Waals surface area contributed by atoms with Gasteiger partial charge in [0.2, 0.25) is 0 Å². The molecule has 0 amide bonds. The zero-order chi connectivity index (χ0) is 41.2. The summed E-state index contributed by atoms with van der Waals surface area (Å²) in [5, 5.41) is 26.9. The lowest BCUT2D eigenvalue weighted by molar-refractivity contribution is 0.520. The number of anilines is 3. The van der Waals surface area contributed by atoms with E-state index in [0.717, 1.165) is 68.8 Å². The molecule has 58 heavy (non-hydrogen) atoms. The monoisotopic (exact) mass is 871 g/mol. The van der Waals surface area contributed by atoms with Crippen molar-refractivity contribution in [2.24, 2.45) is 0 Å². The Kier molecular flexibility index (Phi) is 9.20. The van der Waals surface area contributed by atoms with Crippen molar-refractivity contribution in [1.29, 1.82) is 0 Å². The maximum absolute atomic E-state index is 14.5. The van der Waals surface area contributed by atoms with Crippen LogP contribution in [0.25, 0.3) is 11.4 Å². The van der Waals surface area contributed by atoms with Crippen LogP contribution in [0.3, 0.4) is 0 Å². The number of aromatic nitrogens is 6. The molecule has 0 bridgehead atoms. The SMILES string of the molecule is CC1(C)Nc2c(F)ccc(C3CC3)c2CC1=S.Cc1nnc2n1-c1c(C3CC3)ccc(F)c1NC2(C)C.Cc1nnc2n1-c1c(c(F)cc(Br)c1C1CC1)NC2(C)C. The molecular formula is C44H49BrF3N9S. The molecule has 3 aromatic carbocycles. The first-order chi connectivity index (χ1) is 27.4. The Morgan fingerprint density at radius 1 is 0.621 bits per heavy atom. The number of benzene rings is 3. The molecule has 5 heterocycles. The summed E-state index contributed by atoms with van der Waals surface area (Å²) in [6, 6.07) is 8.58. The van der Waals surface area contributed by atoms with E-state index in [0.29, 0.717) is 34.8 Å². The average molecular weight is 873 g/mol. The van der Waals surface area contributed by atoms with Crippen molar-refractivity contribution in [2.75, 3.05) is 16.0 Å². The molecule has 3 aliphatic heterocycles. The number of nitrogens with zero attached hydrogens (tertiary/aromatic N) is 6. The third kappa shape index (κ3) is 6.62. The number of halogens is 4. The maximum Gasteiger partial charge on any atom is 0.162 e. The predicted octanol–water partition coefficient (Wildman–Crippen LogP) is 11.1. The molecule has 9 nitrogen and oxygen atoms in total. The molecule has 0 radical (unpaired) electrons. The molecule has 0 atom stereocenters. The second kappa shape index (κ2) is 13.6. The third-order valence-corrected chi connectivity index (χ3v) is 13.6. The molecule has 11 rings (SSSR count). The van der Waals surface area contributed by atoms with Crippen LogP contribution in [-0.4, -0.2) is 39.9 Å². The molecule has 0 unspecified atom stereocenters. The molecule has 3 aliphatic carbocycles. The van der Waals surface area contributed by atoms with E-state index in [1.807, 2.05) is 76.7 Å². The van der Waals surface area contributed by atoms with Crippen molar-refractivity contribution in [1.82, 2.24) is 29.5 Å². The number of fused-ring (bicyclic) bond motifs is 7. The number of rotatable bonds is 3. The summed E-state index contributed by atoms with van der Waals surface area (Å²) in [5.41, 5.74) is 7.18. The van der Waals surface area contributed by atoms with Gasteiger partial charge in [-0.25, -0.2) is 13.2 Å². The van der Waals surface area contributed by atoms with Gasteiger partial charge in [-0.3, -0.25) is 9.13 Å². The van der Waals surface area contributed by atoms with Gasteiger partial charge in [-0.2, -0.15) is 0 Å². The van der Waals surface area contributed by atoms with Crippen molar-refractivity contribution in [3.05, 3.63) is 97.8 Å². The summed E-state index contributed by atoms with van der Waals surface area (Å²) in [4.78, 5) is 0.970. The van der Waals surface area contributed by atoms with Crippen molar-refractivity contribution >= 4 is 50.1 Å². The number of hydrogen-bond acceptors (Lipinski definition) is 8. The van der Waals surface area contributed by atoms with Gasteiger partial charge < -0.3 is 16.0 Å². The van der Waals surface area contributed by atoms with Gasteiger partial charge in [0.1, 0.15) is 29.1 Å². The van der Waals surface area contributed by atoms with E-state index >= 15 is 0 Å². The highest BCUT2D eigenvalue weighted by Crippen LogP contribution is 2.52. The van der Waals surface area contributed by atoms with E-state index in [1.54, 1.807) is 18.2 Å². The quantitative estimate of drug-likeness (QED) is 0.154. The van der Waals surface area contributed by atoms with E-state index in [4.69, 9.17) is 12.2 Å². The first kappa shape index (κ1) is 39.2. The molecule has 6 aliphatic rings. The van der Waals surface area contributed by atoms with Crippen LogP contribution in [0.2, 0.25) is 0 Å². The highest BCUT2D eigenvalue weighted by molar-refractivity contribution is 9.10. The summed E-state index contributed by atoms with van der Waals surface area (Å²) in [5.74, 6) is 4.33. The standard InChI is InChI=1S/C15H16BrFN4.C15H17FN4.C14H16FNS/c1-7-19-20-14-15(2,3)18-12-10(17)6-9(16)11(8-4-5-8)13(12)21(7)14;1-8-18-19-14-15(2,3)17-12-11(16)7-6-10(9-4-5-9)13(12)20(8)14;1-14(2)12(17)7-10-9(8-3-4-8)5-6-11(15)13(10)16-14/h6,8,18H,4-5H2,1-3H3;6-7,9,17H,4-5H2,1-3H3;5-6,8,16H,3-4,7H2,1-2H3. The molecule has 0 saturated heterocycles. The molecular weight excluding hydrogens is 824 g/mol. The Balaban J connectivity index is 0.000000113. The van der Waals surface area contributed by atoms with Gasteiger partial charge in [0.15, 0.2) is 11.6 Å². The molecule has 3 fully saturated rings. The average Bonchev–Trinajstić information content (AvgIpc) is 4.04. The largest absolute Gasteiger partial charge is 0.373 e. The van der Waals surface area contributed by atoms with Crippen LogP contribution in [0.5, 0.6) is 0 Å². The number of aryl methyl sites for hydroxylation is 2. The minimum atomic E-state index is -0.455. The third-order valence-electron chi connectivity index (χ3n) is 12.3. The summed E-state index contributed by atoms with van der Waals surface area (Å²) < 4.78 is 47.6. The highest BCUT2D eigenvalue weighted by Gasteiger charge is 2.42. The second-order valence-corrected chi connectivity index (χ2v) is 19.7. The van der Waals surface area contributed by atoms with Crippen molar-refractivity contribution in [3.63, 3.8) is 0 Å². The summed E-state index contributed by atoms with van der Waals surface area (Å²) in [6.07, 6.45) is 7.85. The fraction of sp³-hybridized carbons (Fsp3) is 0.477. The molecule has 3 N–H and O–H groups in total. The van der Waals surface area contributed by atoms with Crippen molar-refractivity contribution in [3.8, 4) is 11.4 Å². The molecule has 14 heteroatoms. The Morgan fingerprint density at radius 2 is 1.09 bits per heavy atom. The lowest BCUT2D eigenvalue weighted by Crippen LogP contribution is -2.44. The van der Waals surface area contributed by atoms with Crippen LogP contribution in [-0.2, 0) is 17.5 Å². The van der Waals surface area contributed by atoms with E-state index in [-0.39, 0.29) is 23.0 Å². The van der Waals surface area contributed by atoms with E-state index < -0.39 is 11.1 Å². The highest BCUT2D eigenvalue weighted by atomic mass is 79.9. The Morgan fingerprint density at radius 3 is 1.64 bits per heavy atom. The van der Waals surface area contributed by atoms with Crippen molar-refractivity contribution in [2.45, 2.75) is 135 Å². The van der Waals surface area contributed by atoms with Crippen LogP contribution in [0.4, 0.5) is 30.2 Å². The van der Waals surface area contributed by atoms with Gasteiger partial charge in [0.05, 0.1) is 45.1 Å². The zero-order valence-corrected chi connectivity index (χ0v) is 36.6. The van der Waals surface area contributed by atoms with E-state index in [1.165, 1.54) is 42.4 Å². The van der Waals surface area contributed by atoms with Gasteiger partial charge in [-0.15, -0.1) is 20.4 Å². The van der Waals surface area contributed by atoms with E-state index in [2.05, 4.69) is 52.3 Å². The summed E-state index contributed by atoms with van der Waals surface area (Å²) >= 11 is 8.98. The second-order valence-electron chi connectivity index (χ2n) is 18.3. The Hall–Kier alpha value is -4.30. The van der Waals surface area contributed by atoms with Crippen LogP contribution in [0, 0.1) is 31.3 Å². The first-order valence-corrected chi connectivity index (χ1v) is 21.5. The Labute approximate surface area is 351 Å². The predicted molar refractivity (Wildman–Crippen MR) is 229 cm³/mol. The first-order valence-electron chi connectivity index (χ1n) is 20.3. The zero-order valence-electron chi connectivity index (χ0n) is 34.2. The van der Waals surface area contributed by atoms with Crippen LogP contribution >= 0.6 is 28.1 Å².